The minimum Gasteiger partial charge on any atom is -0.466 e. The van der Waals surface area contributed by atoms with Crippen LogP contribution in [0.4, 0.5) is 5.69 Å². The first-order valence-corrected chi connectivity index (χ1v) is 13.8. The molecule has 6 atom stereocenters. The zero-order valence-corrected chi connectivity index (χ0v) is 22.4. The lowest BCUT2D eigenvalue weighted by Gasteiger charge is -2.35. The maximum atomic E-state index is 14.0. The smallest absolute Gasteiger partial charge is 0.312 e. The standard InChI is InChI=1S/C30H38N2O6/c1-4-37-28(36)24-23-27(35)32(15-9-5-6-10-16-33)25(30(23)18-19(2)29(24,3)38-30)26(34)31-22-14-13-20-11-7-8-12-21(20)17-22/h7-8,11-14,17,19,23-25,33H,4-6,9-10,15-16,18H2,1-3H3,(H,31,34)/t19?,23-,24+,25?,29-,30?/m0/s1. The predicted molar refractivity (Wildman–Crippen MR) is 143 cm³/mol. The number of hydrogen-bond acceptors (Lipinski definition) is 6. The van der Waals surface area contributed by atoms with Crippen molar-refractivity contribution in [1.82, 2.24) is 4.90 Å². The van der Waals surface area contributed by atoms with Gasteiger partial charge in [0.25, 0.3) is 0 Å². The van der Waals surface area contributed by atoms with Gasteiger partial charge in [0, 0.05) is 18.8 Å². The van der Waals surface area contributed by atoms with Gasteiger partial charge in [-0.05, 0) is 61.9 Å². The number of aliphatic hydroxyl groups excluding tert-OH is 1. The van der Waals surface area contributed by atoms with Crippen molar-refractivity contribution in [3.8, 4) is 0 Å². The van der Waals surface area contributed by atoms with Crippen LogP contribution in [0.15, 0.2) is 42.5 Å². The topological polar surface area (TPSA) is 105 Å². The van der Waals surface area contributed by atoms with Gasteiger partial charge in [0.05, 0.1) is 18.1 Å². The van der Waals surface area contributed by atoms with E-state index >= 15 is 0 Å². The van der Waals surface area contributed by atoms with Crippen LogP contribution in [0.3, 0.4) is 0 Å². The number of aliphatic hydroxyl groups is 1. The molecule has 2 N–H and O–H groups in total. The van der Waals surface area contributed by atoms with Crippen molar-refractivity contribution in [2.45, 2.75) is 70.1 Å². The van der Waals surface area contributed by atoms with E-state index in [4.69, 9.17) is 14.6 Å². The number of anilines is 1. The molecule has 204 valence electrons. The van der Waals surface area contributed by atoms with Crippen molar-refractivity contribution in [2.24, 2.45) is 17.8 Å². The number of ether oxygens (including phenoxy) is 2. The molecule has 2 bridgehead atoms. The number of amides is 2. The lowest BCUT2D eigenvalue weighted by Crippen LogP contribution is -2.54. The van der Waals surface area contributed by atoms with Gasteiger partial charge in [0.2, 0.25) is 11.8 Å². The molecule has 0 aliphatic carbocycles. The van der Waals surface area contributed by atoms with Crippen molar-refractivity contribution < 1.29 is 29.0 Å². The zero-order chi connectivity index (χ0) is 27.1. The molecule has 5 rings (SSSR count). The quantitative estimate of drug-likeness (QED) is 0.362. The fraction of sp³-hybridized carbons (Fsp3) is 0.567. The van der Waals surface area contributed by atoms with Crippen molar-refractivity contribution in [1.29, 1.82) is 0 Å². The molecule has 3 heterocycles. The summed E-state index contributed by atoms with van der Waals surface area (Å²) in [7, 11) is 0. The molecule has 3 fully saturated rings. The number of nitrogens with zero attached hydrogens (tertiary/aromatic N) is 1. The van der Waals surface area contributed by atoms with Gasteiger partial charge in [0.1, 0.15) is 17.6 Å². The highest BCUT2D eigenvalue weighted by Crippen LogP contribution is 2.65. The third kappa shape index (κ3) is 4.18. The van der Waals surface area contributed by atoms with Crippen molar-refractivity contribution in [3.05, 3.63) is 42.5 Å². The fourth-order valence-corrected chi connectivity index (χ4v) is 7.10. The molecule has 2 aromatic carbocycles. The third-order valence-electron chi connectivity index (χ3n) is 8.93. The van der Waals surface area contributed by atoms with E-state index in [1.54, 1.807) is 11.8 Å². The lowest BCUT2D eigenvalue weighted by atomic mass is 9.62. The van der Waals surface area contributed by atoms with E-state index in [0.29, 0.717) is 31.5 Å². The second-order valence-electron chi connectivity index (χ2n) is 11.2. The predicted octanol–water partition coefficient (Wildman–Crippen LogP) is 3.90. The molecule has 3 aliphatic heterocycles. The molecule has 8 nitrogen and oxygen atoms in total. The first-order chi connectivity index (χ1) is 18.3. The first-order valence-electron chi connectivity index (χ1n) is 13.8. The summed E-state index contributed by atoms with van der Waals surface area (Å²) < 4.78 is 12.1. The SMILES string of the molecule is CCOC(=O)[C@H]1[C@H]2C(=O)N(CCCCCCO)C(C(=O)Nc3ccc4ccccc4c3)C23CC(C)[C@]1(C)O3. The monoisotopic (exact) mass is 522 g/mol. The molecule has 0 radical (unpaired) electrons. The minimum absolute atomic E-state index is 0.0265. The van der Waals surface area contributed by atoms with Gasteiger partial charge < -0.3 is 24.8 Å². The highest BCUT2D eigenvalue weighted by Gasteiger charge is 2.80. The van der Waals surface area contributed by atoms with E-state index in [0.717, 1.165) is 23.6 Å². The lowest BCUT2D eigenvalue weighted by molar-refractivity contribution is -0.160. The molecule has 8 heteroatoms. The average molecular weight is 523 g/mol. The first kappa shape index (κ1) is 26.6. The van der Waals surface area contributed by atoms with Crippen LogP contribution in [-0.2, 0) is 23.9 Å². The summed E-state index contributed by atoms with van der Waals surface area (Å²) in [5, 5.41) is 14.3. The van der Waals surface area contributed by atoms with Gasteiger partial charge in [-0.3, -0.25) is 14.4 Å². The molecule has 3 saturated heterocycles. The van der Waals surface area contributed by atoms with E-state index in [-0.39, 0.29) is 30.9 Å². The van der Waals surface area contributed by atoms with Crippen LogP contribution in [0.5, 0.6) is 0 Å². The molecular weight excluding hydrogens is 484 g/mol. The number of benzene rings is 2. The molecule has 3 unspecified atom stereocenters. The van der Waals surface area contributed by atoms with Crippen molar-refractivity contribution in [2.75, 3.05) is 25.1 Å². The second-order valence-corrected chi connectivity index (χ2v) is 11.2. The Morgan fingerprint density at radius 2 is 1.87 bits per heavy atom. The van der Waals surface area contributed by atoms with Crippen LogP contribution >= 0.6 is 0 Å². The van der Waals surface area contributed by atoms with Gasteiger partial charge >= 0.3 is 5.97 Å². The number of unbranched alkanes of at least 4 members (excludes halogenated alkanes) is 3. The Hall–Kier alpha value is -2.97. The maximum absolute atomic E-state index is 14.0. The number of esters is 1. The van der Waals surface area contributed by atoms with Gasteiger partial charge in [-0.2, -0.15) is 0 Å². The Bertz CT molecular complexity index is 1230. The molecule has 3 aliphatic rings. The largest absolute Gasteiger partial charge is 0.466 e. The van der Waals surface area contributed by atoms with E-state index in [1.807, 2.05) is 56.3 Å². The summed E-state index contributed by atoms with van der Waals surface area (Å²) in [6.07, 6.45) is 3.60. The summed E-state index contributed by atoms with van der Waals surface area (Å²) in [5.74, 6) is -2.48. The summed E-state index contributed by atoms with van der Waals surface area (Å²) in [5.41, 5.74) is -1.31. The fourth-order valence-electron chi connectivity index (χ4n) is 7.10. The summed E-state index contributed by atoms with van der Waals surface area (Å²) >= 11 is 0. The Morgan fingerprint density at radius 1 is 1.13 bits per heavy atom. The molecule has 0 aromatic heterocycles. The summed E-state index contributed by atoms with van der Waals surface area (Å²) in [6.45, 7) is 6.41. The Kier molecular flexibility index (Phi) is 7.22. The number of likely N-dealkylation sites (tertiary alicyclic amines) is 1. The third-order valence-corrected chi connectivity index (χ3v) is 8.93. The molecule has 2 amide bonds. The molecular formula is C30H38N2O6. The number of carbonyl (C=O) groups is 3. The van der Waals surface area contributed by atoms with E-state index in [9.17, 15) is 14.4 Å². The normalized spacial score (nSPS) is 31.6. The Labute approximate surface area is 223 Å². The molecule has 0 saturated carbocycles. The van der Waals surface area contributed by atoms with Crippen LogP contribution < -0.4 is 5.32 Å². The van der Waals surface area contributed by atoms with Crippen LogP contribution in [0, 0.1) is 17.8 Å². The number of hydrogen-bond donors (Lipinski definition) is 2. The number of nitrogens with one attached hydrogen (secondary N) is 1. The second kappa shape index (κ2) is 10.3. The molecule has 38 heavy (non-hydrogen) atoms. The Morgan fingerprint density at radius 3 is 2.61 bits per heavy atom. The average Bonchev–Trinajstić information content (AvgIpc) is 3.40. The zero-order valence-electron chi connectivity index (χ0n) is 22.4. The van der Waals surface area contributed by atoms with Crippen LogP contribution in [0.1, 0.15) is 52.9 Å². The maximum Gasteiger partial charge on any atom is 0.312 e. The van der Waals surface area contributed by atoms with Gasteiger partial charge in [-0.15, -0.1) is 0 Å². The molecule has 1 spiro atoms. The number of fused-ring (bicyclic) bond motifs is 2. The van der Waals surface area contributed by atoms with Gasteiger partial charge in [-0.1, -0.05) is 50.1 Å². The van der Waals surface area contributed by atoms with Gasteiger partial charge in [-0.25, -0.2) is 0 Å². The van der Waals surface area contributed by atoms with Crippen molar-refractivity contribution in [3.63, 3.8) is 0 Å². The highest BCUT2D eigenvalue weighted by molar-refractivity contribution is 6.04. The molecule has 2 aromatic rings. The highest BCUT2D eigenvalue weighted by atomic mass is 16.6. The number of rotatable bonds is 10. The van der Waals surface area contributed by atoms with Crippen LogP contribution in [0.2, 0.25) is 0 Å². The summed E-state index contributed by atoms with van der Waals surface area (Å²) in [6, 6.07) is 12.8. The van der Waals surface area contributed by atoms with Gasteiger partial charge in [0.15, 0.2) is 0 Å². The van der Waals surface area contributed by atoms with Crippen molar-refractivity contribution >= 4 is 34.2 Å². The Balaban J connectivity index is 1.48. The minimum atomic E-state index is -1.09. The van der Waals surface area contributed by atoms with E-state index in [1.165, 1.54) is 0 Å². The summed E-state index contributed by atoms with van der Waals surface area (Å²) in [4.78, 5) is 42.9. The van der Waals surface area contributed by atoms with E-state index < -0.39 is 35.0 Å². The van der Waals surface area contributed by atoms with Crippen LogP contribution in [0.25, 0.3) is 10.8 Å². The number of carbonyl (C=O) groups excluding carboxylic acids is 3. The van der Waals surface area contributed by atoms with Crippen LogP contribution in [-0.4, -0.2) is 64.8 Å². The van der Waals surface area contributed by atoms with E-state index in [2.05, 4.69) is 5.32 Å².